The van der Waals surface area contributed by atoms with Crippen LogP contribution in [0.1, 0.15) is 11.1 Å². The summed E-state index contributed by atoms with van der Waals surface area (Å²) in [4.78, 5) is 11.2. The van der Waals surface area contributed by atoms with Crippen LogP contribution in [-0.4, -0.2) is 9.97 Å². The molecule has 0 radical (unpaired) electrons. The van der Waals surface area contributed by atoms with Crippen molar-refractivity contribution in [2.24, 2.45) is 0 Å². The van der Waals surface area contributed by atoms with Crippen LogP contribution in [0.3, 0.4) is 0 Å². The Hall–Kier alpha value is -6.64. The second kappa shape index (κ2) is 9.99. The lowest BCUT2D eigenvalue weighted by Crippen LogP contribution is -1.99. The Labute approximate surface area is 299 Å². The summed E-state index contributed by atoms with van der Waals surface area (Å²) in [5, 5.41) is 17.1. The van der Waals surface area contributed by atoms with E-state index in [0.29, 0.717) is 0 Å². The summed E-state index contributed by atoms with van der Waals surface area (Å²) in [5.41, 5.74) is 11.8. The Balaban J connectivity index is 1.33. The molecule has 0 fully saturated rings. The number of hydrogen-bond donors (Lipinski definition) is 0. The molecule has 2 aromatic heterocycles. The molecule has 0 spiro atoms. The van der Waals surface area contributed by atoms with E-state index in [4.69, 9.17) is 9.97 Å². The molecule has 0 saturated heterocycles. The molecule has 52 heavy (non-hydrogen) atoms. The molecular weight excluding hydrogens is 629 g/mol. The normalized spacial score (nSPS) is 12.4. The number of nitrogens with zero attached hydrogens (tertiary/aromatic N) is 2. The molecule has 0 N–H and O–H groups in total. The third-order valence-corrected chi connectivity index (χ3v) is 11.8. The van der Waals surface area contributed by atoms with Gasteiger partial charge in [0.15, 0.2) is 0 Å². The zero-order chi connectivity index (χ0) is 34.2. The van der Waals surface area contributed by atoms with Crippen molar-refractivity contribution in [3.8, 4) is 22.3 Å². The van der Waals surface area contributed by atoms with Crippen molar-refractivity contribution in [3.05, 3.63) is 157 Å². The molecule has 2 heteroatoms. The number of aromatic nitrogens is 2. The highest BCUT2D eigenvalue weighted by molar-refractivity contribution is 6.41. The van der Waals surface area contributed by atoms with Crippen LogP contribution < -0.4 is 0 Å². The number of aryl methyl sites for hydroxylation is 2. The highest BCUT2D eigenvalue weighted by Crippen LogP contribution is 2.51. The van der Waals surface area contributed by atoms with Crippen molar-refractivity contribution in [3.63, 3.8) is 0 Å². The Morgan fingerprint density at radius 2 is 0.673 bits per heavy atom. The first-order valence-electron chi connectivity index (χ1n) is 18.1. The lowest BCUT2D eigenvalue weighted by Gasteiger charge is -2.23. The maximum absolute atomic E-state index is 5.60. The van der Waals surface area contributed by atoms with Crippen molar-refractivity contribution >= 4 is 97.5 Å². The molecule has 2 nitrogen and oxygen atoms in total. The van der Waals surface area contributed by atoms with Crippen molar-refractivity contribution in [2.75, 3.05) is 0 Å². The predicted molar refractivity (Wildman–Crippen MR) is 222 cm³/mol. The van der Waals surface area contributed by atoms with Crippen molar-refractivity contribution < 1.29 is 0 Å². The van der Waals surface area contributed by atoms with Crippen LogP contribution in [0.4, 0.5) is 0 Å². The van der Waals surface area contributed by atoms with Crippen LogP contribution in [0.5, 0.6) is 0 Å². The highest BCUT2D eigenvalue weighted by atomic mass is 14.7. The number of rotatable bonds is 2. The molecule has 12 rings (SSSR count). The lowest BCUT2D eigenvalue weighted by molar-refractivity contribution is 1.48. The number of fused-ring (bicyclic) bond motifs is 6. The summed E-state index contributed by atoms with van der Waals surface area (Å²) >= 11 is 0. The zero-order valence-corrected chi connectivity index (χ0v) is 28.8. The van der Waals surface area contributed by atoms with Gasteiger partial charge in [0, 0.05) is 32.3 Å². The molecule has 0 bridgehead atoms. The molecule has 0 atom stereocenters. The van der Waals surface area contributed by atoms with Crippen LogP contribution in [0.2, 0.25) is 0 Å². The van der Waals surface area contributed by atoms with Crippen LogP contribution in [0.25, 0.3) is 120 Å². The average molecular weight is 659 g/mol. The molecule has 10 aromatic carbocycles. The Bertz CT molecular complexity index is 3250. The van der Waals surface area contributed by atoms with Crippen LogP contribution in [0.15, 0.2) is 146 Å². The van der Waals surface area contributed by atoms with Crippen molar-refractivity contribution in [1.29, 1.82) is 0 Å². The standard InChI is InChI=1S/C50H30N2/c1-27-19-21-29-11-3-5-13-31(29)41(27)43-33-15-7-9-17-35(33)49-45-37(43)23-25-39-47(45)48-40(51-49)26-24-38-44(34-16-8-10-18-36(34)50(52-39)46(38)48)42-28(2)20-22-30-12-4-6-14-32(30)42/h3-26H,1-2H3. The van der Waals surface area contributed by atoms with Gasteiger partial charge in [-0.15, -0.1) is 0 Å². The minimum Gasteiger partial charge on any atom is -0.247 e. The SMILES string of the molecule is Cc1ccc2ccccc2c1-c1c2ccccc2c2nc3ccc4c(-c5c(C)ccc6ccccc56)c5ccccc5c5nc6ccc1c2c6c3c45. The summed E-state index contributed by atoms with van der Waals surface area (Å²) in [5.74, 6) is 0. The van der Waals surface area contributed by atoms with Gasteiger partial charge >= 0.3 is 0 Å². The van der Waals surface area contributed by atoms with Gasteiger partial charge in [-0.2, -0.15) is 0 Å². The van der Waals surface area contributed by atoms with E-state index in [1.165, 1.54) is 109 Å². The monoisotopic (exact) mass is 658 g/mol. The lowest BCUT2D eigenvalue weighted by atomic mass is 9.82. The molecule has 0 saturated carbocycles. The number of hydrogen-bond acceptors (Lipinski definition) is 2. The van der Waals surface area contributed by atoms with E-state index in [1.54, 1.807) is 0 Å². The summed E-state index contributed by atoms with van der Waals surface area (Å²) in [6.07, 6.45) is 0. The average Bonchev–Trinajstić information content (AvgIpc) is 3.19. The first-order chi connectivity index (χ1) is 25.7. The molecule has 240 valence electrons. The van der Waals surface area contributed by atoms with E-state index in [0.717, 1.165) is 22.1 Å². The third kappa shape index (κ3) is 3.49. The number of benzene rings is 10. The Kier molecular flexibility index (Phi) is 5.40. The minimum absolute atomic E-state index is 1.01. The van der Waals surface area contributed by atoms with Gasteiger partial charge in [0.05, 0.1) is 22.1 Å². The molecule has 0 aliphatic rings. The van der Waals surface area contributed by atoms with Gasteiger partial charge in [0.1, 0.15) is 0 Å². The fraction of sp³-hybridized carbons (Fsp3) is 0.0400. The van der Waals surface area contributed by atoms with E-state index in [-0.39, 0.29) is 0 Å². The van der Waals surface area contributed by atoms with Crippen molar-refractivity contribution in [2.45, 2.75) is 13.8 Å². The van der Waals surface area contributed by atoms with Gasteiger partial charge in [-0.25, -0.2) is 9.97 Å². The third-order valence-electron chi connectivity index (χ3n) is 11.8. The summed E-state index contributed by atoms with van der Waals surface area (Å²) in [7, 11) is 0. The molecule has 0 aliphatic carbocycles. The second-order valence-corrected chi connectivity index (χ2v) is 14.5. The van der Waals surface area contributed by atoms with Gasteiger partial charge in [0.2, 0.25) is 0 Å². The molecule has 0 aliphatic heterocycles. The van der Waals surface area contributed by atoms with E-state index in [1.807, 2.05) is 0 Å². The molecule has 0 amide bonds. The largest absolute Gasteiger partial charge is 0.247 e. The fourth-order valence-corrected chi connectivity index (χ4v) is 9.60. The molecular formula is C50H30N2. The van der Waals surface area contributed by atoms with Gasteiger partial charge in [-0.1, -0.05) is 133 Å². The first-order valence-corrected chi connectivity index (χ1v) is 18.1. The van der Waals surface area contributed by atoms with Crippen LogP contribution in [0, 0.1) is 13.8 Å². The van der Waals surface area contributed by atoms with Crippen LogP contribution in [-0.2, 0) is 0 Å². The zero-order valence-electron chi connectivity index (χ0n) is 28.8. The van der Waals surface area contributed by atoms with E-state index < -0.39 is 0 Å². The van der Waals surface area contributed by atoms with E-state index >= 15 is 0 Å². The number of pyridine rings is 2. The van der Waals surface area contributed by atoms with Gasteiger partial charge < -0.3 is 0 Å². The van der Waals surface area contributed by atoms with E-state index in [9.17, 15) is 0 Å². The quantitative estimate of drug-likeness (QED) is 0.136. The predicted octanol–water partition coefficient (Wildman–Crippen LogP) is 13.7. The van der Waals surface area contributed by atoms with Crippen LogP contribution >= 0.6 is 0 Å². The van der Waals surface area contributed by atoms with Crippen molar-refractivity contribution in [1.82, 2.24) is 9.97 Å². The Morgan fingerprint density at radius 3 is 1.12 bits per heavy atom. The smallest absolute Gasteiger partial charge is 0.0801 e. The minimum atomic E-state index is 1.01. The molecule has 2 heterocycles. The summed E-state index contributed by atoms with van der Waals surface area (Å²) < 4.78 is 0. The van der Waals surface area contributed by atoms with Gasteiger partial charge in [0.25, 0.3) is 0 Å². The molecule has 0 unspecified atom stereocenters. The fourth-order valence-electron chi connectivity index (χ4n) is 9.60. The second-order valence-electron chi connectivity index (χ2n) is 14.5. The maximum Gasteiger partial charge on any atom is 0.0801 e. The summed E-state index contributed by atoms with van der Waals surface area (Å²) in [6.45, 7) is 4.49. The van der Waals surface area contributed by atoms with Gasteiger partial charge in [-0.05, 0) is 102 Å². The first kappa shape index (κ1) is 28.1. The molecule has 12 aromatic rings. The Morgan fingerprint density at radius 1 is 0.288 bits per heavy atom. The van der Waals surface area contributed by atoms with E-state index in [2.05, 4.69) is 159 Å². The topological polar surface area (TPSA) is 25.8 Å². The maximum atomic E-state index is 5.60. The summed E-state index contributed by atoms with van der Waals surface area (Å²) in [6, 6.07) is 53.4. The van der Waals surface area contributed by atoms with Gasteiger partial charge in [-0.3, -0.25) is 0 Å². The highest BCUT2D eigenvalue weighted by Gasteiger charge is 2.26.